The monoisotopic (exact) mass is 311 g/mol. The molecule has 0 aliphatic rings. The zero-order chi connectivity index (χ0) is 16.7. The van der Waals surface area contributed by atoms with Gasteiger partial charge in [0.05, 0.1) is 5.56 Å². The molecule has 0 unspecified atom stereocenters. The first-order valence-electron chi connectivity index (χ1n) is 8.08. The van der Waals surface area contributed by atoms with E-state index in [1.165, 1.54) is 5.56 Å². The van der Waals surface area contributed by atoms with Crippen LogP contribution in [0.2, 0.25) is 0 Å². The second-order valence-electron chi connectivity index (χ2n) is 5.73. The van der Waals surface area contributed by atoms with Gasteiger partial charge in [-0.3, -0.25) is 4.79 Å². The number of hydrogen-bond acceptors (Lipinski definition) is 3. The average molecular weight is 311 g/mol. The maximum atomic E-state index is 12.2. The molecule has 0 saturated carbocycles. The van der Waals surface area contributed by atoms with Gasteiger partial charge in [-0.2, -0.15) is 0 Å². The van der Waals surface area contributed by atoms with E-state index in [0.717, 1.165) is 18.5 Å². The number of aryl methyl sites for hydroxylation is 1. The molecular formula is C19H25N3O. The third-order valence-electron chi connectivity index (χ3n) is 3.74. The molecule has 1 atom stereocenters. The van der Waals surface area contributed by atoms with Crippen LogP contribution >= 0.6 is 0 Å². The SMILES string of the molecule is CCNC(=O)c1cc(N)ccc1N[C@H](C)CCc1ccccc1. The van der Waals surface area contributed by atoms with Gasteiger partial charge in [0.15, 0.2) is 0 Å². The number of anilines is 2. The molecular weight excluding hydrogens is 286 g/mol. The first kappa shape index (κ1) is 16.9. The Morgan fingerprint density at radius 2 is 1.91 bits per heavy atom. The zero-order valence-corrected chi connectivity index (χ0v) is 13.8. The van der Waals surface area contributed by atoms with Crippen molar-refractivity contribution in [2.75, 3.05) is 17.6 Å². The summed E-state index contributed by atoms with van der Waals surface area (Å²) in [6, 6.07) is 16.1. The van der Waals surface area contributed by atoms with E-state index in [0.29, 0.717) is 17.8 Å². The first-order valence-corrected chi connectivity index (χ1v) is 8.08. The van der Waals surface area contributed by atoms with Crippen molar-refractivity contribution in [1.29, 1.82) is 0 Å². The van der Waals surface area contributed by atoms with E-state index in [9.17, 15) is 4.79 Å². The van der Waals surface area contributed by atoms with Gasteiger partial charge in [0.1, 0.15) is 0 Å². The molecule has 2 aromatic rings. The summed E-state index contributed by atoms with van der Waals surface area (Å²) in [7, 11) is 0. The molecule has 2 aromatic carbocycles. The molecule has 0 aliphatic carbocycles. The number of carbonyl (C=O) groups is 1. The quantitative estimate of drug-likeness (QED) is 0.686. The maximum absolute atomic E-state index is 12.2. The third kappa shape index (κ3) is 5.02. The standard InChI is InChI=1S/C19H25N3O/c1-3-21-19(23)17-13-16(20)11-12-18(17)22-14(2)9-10-15-7-5-4-6-8-15/h4-8,11-14,22H,3,9-10,20H2,1-2H3,(H,21,23)/t14-/m1/s1. The third-order valence-corrected chi connectivity index (χ3v) is 3.74. The van der Waals surface area contributed by atoms with Crippen LogP contribution in [-0.2, 0) is 6.42 Å². The molecule has 0 bridgehead atoms. The highest BCUT2D eigenvalue weighted by molar-refractivity contribution is 6.00. The molecule has 4 heteroatoms. The number of nitrogen functional groups attached to an aromatic ring is 1. The lowest BCUT2D eigenvalue weighted by Crippen LogP contribution is -2.25. The van der Waals surface area contributed by atoms with E-state index >= 15 is 0 Å². The van der Waals surface area contributed by atoms with E-state index in [2.05, 4.69) is 41.8 Å². The second-order valence-corrected chi connectivity index (χ2v) is 5.73. The smallest absolute Gasteiger partial charge is 0.253 e. The number of nitrogens with two attached hydrogens (primary N) is 1. The largest absolute Gasteiger partial charge is 0.399 e. The van der Waals surface area contributed by atoms with E-state index in [1.807, 2.05) is 25.1 Å². The highest BCUT2D eigenvalue weighted by Crippen LogP contribution is 2.21. The van der Waals surface area contributed by atoms with Gasteiger partial charge in [-0.25, -0.2) is 0 Å². The molecule has 0 saturated heterocycles. The zero-order valence-electron chi connectivity index (χ0n) is 13.8. The minimum Gasteiger partial charge on any atom is -0.399 e. The van der Waals surface area contributed by atoms with Crippen LogP contribution in [0.3, 0.4) is 0 Å². The van der Waals surface area contributed by atoms with Crippen LogP contribution in [-0.4, -0.2) is 18.5 Å². The van der Waals surface area contributed by atoms with E-state index in [4.69, 9.17) is 5.73 Å². The fourth-order valence-electron chi connectivity index (χ4n) is 2.50. The number of hydrogen-bond donors (Lipinski definition) is 3. The minimum absolute atomic E-state index is 0.0995. The Hall–Kier alpha value is -2.49. The number of rotatable bonds is 7. The highest BCUT2D eigenvalue weighted by atomic mass is 16.1. The molecule has 0 spiro atoms. The molecule has 2 rings (SSSR count). The van der Waals surface area contributed by atoms with Crippen molar-refractivity contribution in [1.82, 2.24) is 5.32 Å². The van der Waals surface area contributed by atoms with Crippen LogP contribution in [0.5, 0.6) is 0 Å². The molecule has 0 aliphatic heterocycles. The van der Waals surface area contributed by atoms with Gasteiger partial charge in [-0.15, -0.1) is 0 Å². The van der Waals surface area contributed by atoms with Crippen molar-refractivity contribution in [2.45, 2.75) is 32.7 Å². The van der Waals surface area contributed by atoms with Crippen LogP contribution in [0.4, 0.5) is 11.4 Å². The van der Waals surface area contributed by atoms with Gasteiger partial charge >= 0.3 is 0 Å². The van der Waals surface area contributed by atoms with Gasteiger partial charge in [0.25, 0.3) is 5.91 Å². The number of benzene rings is 2. The van der Waals surface area contributed by atoms with Gasteiger partial charge in [-0.05, 0) is 50.5 Å². The Balaban J connectivity index is 2.02. The fourth-order valence-corrected chi connectivity index (χ4v) is 2.50. The molecule has 122 valence electrons. The van der Waals surface area contributed by atoms with Gasteiger partial charge in [0, 0.05) is 24.0 Å². The summed E-state index contributed by atoms with van der Waals surface area (Å²) < 4.78 is 0. The van der Waals surface area contributed by atoms with Crippen molar-refractivity contribution in [3.63, 3.8) is 0 Å². The highest BCUT2D eigenvalue weighted by Gasteiger charge is 2.13. The van der Waals surface area contributed by atoms with Crippen molar-refractivity contribution in [3.8, 4) is 0 Å². The number of nitrogens with one attached hydrogen (secondary N) is 2. The lowest BCUT2D eigenvalue weighted by Gasteiger charge is -2.18. The lowest BCUT2D eigenvalue weighted by atomic mass is 10.0. The van der Waals surface area contributed by atoms with Crippen molar-refractivity contribution in [2.24, 2.45) is 0 Å². The van der Waals surface area contributed by atoms with E-state index < -0.39 is 0 Å². The number of amides is 1. The summed E-state index contributed by atoms with van der Waals surface area (Å²) in [4.78, 5) is 12.2. The van der Waals surface area contributed by atoms with Gasteiger partial charge in [0.2, 0.25) is 0 Å². The summed E-state index contributed by atoms with van der Waals surface area (Å²) in [6.07, 6.45) is 1.99. The Bertz CT molecular complexity index is 640. The Labute approximate surface area is 138 Å². The average Bonchev–Trinajstić information content (AvgIpc) is 2.56. The molecule has 1 amide bonds. The minimum atomic E-state index is -0.0995. The summed E-state index contributed by atoms with van der Waals surface area (Å²) >= 11 is 0. The van der Waals surface area contributed by atoms with E-state index in [1.54, 1.807) is 6.07 Å². The number of carbonyl (C=O) groups excluding carboxylic acids is 1. The van der Waals surface area contributed by atoms with Crippen molar-refractivity contribution < 1.29 is 4.79 Å². The predicted octanol–water partition coefficient (Wildman–Crippen LogP) is 3.45. The summed E-state index contributed by atoms with van der Waals surface area (Å²) in [5, 5.41) is 6.26. The molecule has 0 aromatic heterocycles. The Morgan fingerprint density at radius 3 is 2.61 bits per heavy atom. The first-order chi connectivity index (χ1) is 11.1. The predicted molar refractivity (Wildman–Crippen MR) is 96.7 cm³/mol. The van der Waals surface area contributed by atoms with Crippen LogP contribution in [0.15, 0.2) is 48.5 Å². The lowest BCUT2D eigenvalue weighted by molar-refractivity contribution is 0.0956. The summed E-state index contributed by atoms with van der Waals surface area (Å²) in [5.41, 5.74) is 9.15. The van der Waals surface area contributed by atoms with Crippen LogP contribution in [0, 0.1) is 0 Å². The van der Waals surface area contributed by atoms with E-state index in [-0.39, 0.29) is 11.9 Å². The molecule has 4 N–H and O–H groups in total. The normalized spacial score (nSPS) is 11.7. The molecule has 0 fully saturated rings. The van der Waals surface area contributed by atoms with Gasteiger partial charge < -0.3 is 16.4 Å². The second kappa shape index (κ2) is 8.22. The maximum Gasteiger partial charge on any atom is 0.253 e. The van der Waals surface area contributed by atoms with Crippen molar-refractivity contribution >= 4 is 17.3 Å². The van der Waals surface area contributed by atoms with Crippen LogP contribution < -0.4 is 16.4 Å². The summed E-state index contributed by atoms with van der Waals surface area (Å²) in [6.45, 7) is 4.62. The Kier molecular flexibility index (Phi) is 6.03. The molecule has 0 radical (unpaired) electrons. The topological polar surface area (TPSA) is 67.2 Å². The Morgan fingerprint density at radius 1 is 1.17 bits per heavy atom. The van der Waals surface area contributed by atoms with Gasteiger partial charge in [-0.1, -0.05) is 30.3 Å². The fraction of sp³-hybridized carbons (Fsp3) is 0.316. The van der Waals surface area contributed by atoms with Crippen molar-refractivity contribution in [3.05, 3.63) is 59.7 Å². The van der Waals surface area contributed by atoms with Crippen LogP contribution in [0.1, 0.15) is 36.2 Å². The summed E-state index contributed by atoms with van der Waals surface area (Å²) in [5.74, 6) is -0.0995. The van der Waals surface area contributed by atoms with Crippen LogP contribution in [0.25, 0.3) is 0 Å². The molecule has 4 nitrogen and oxygen atoms in total. The molecule has 23 heavy (non-hydrogen) atoms. The molecule has 0 heterocycles.